The number of methoxy groups -OCH3 is 1. The number of rotatable bonds is 15. The molecule has 1 heteroatoms. The number of hydrogen-bond donors (Lipinski definition) is 0. The van der Waals surface area contributed by atoms with Crippen molar-refractivity contribution >= 4 is 0 Å². The highest BCUT2D eigenvalue weighted by Gasteiger charge is 1.96. The monoisotopic (exact) mass is 318 g/mol. The number of ether oxygens (including phenoxy) is 1. The Labute approximate surface area is 144 Å². The molecule has 0 heterocycles. The fraction of sp³-hybridized carbons (Fsp3) is 0.727. The first-order chi connectivity index (χ1) is 11.4. The molecule has 0 aromatic heterocycles. The van der Waals surface area contributed by atoms with E-state index < -0.39 is 0 Å². The lowest BCUT2D eigenvalue weighted by molar-refractivity contribution is 0.414. The van der Waals surface area contributed by atoms with Crippen LogP contribution in [0, 0.1) is 0 Å². The van der Waals surface area contributed by atoms with Gasteiger partial charge in [-0.05, 0) is 30.5 Å². The first-order valence-corrected chi connectivity index (χ1v) is 9.99. The van der Waals surface area contributed by atoms with Gasteiger partial charge in [0.15, 0.2) is 0 Å². The summed E-state index contributed by atoms with van der Waals surface area (Å²) in [6.45, 7) is 2.29. The normalized spacial score (nSPS) is 10.9. The predicted molar refractivity (Wildman–Crippen MR) is 102 cm³/mol. The van der Waals surface area contributed by atoms with Crippen molar-refractivity contribution in [3.8, 4) is 5.75 Å². The molecule has 23 heavy (non-hydrogen) atoms. The fourth-order valence-electron chi connectivity index (χ4n) is 3.14. The van der Waals surface area contributed by atoms with E-state index in [1.165, 1.54) is 95.5 Å². The van der Waals surface area contributed by atoms with E-state index >= 15 is 0 Å². The van der Waals surface area contributed by atoms with Gasteiger partial charge >= 0.3 is 0 Å². The van der Waals surface area contributed by atoms with Gasteiger partial charge in [-0.25, -0.2) is 0 Å². The molecule has 0 fully saturated rings. The molecule has 0 aliphatic heterocycles. The quantitative estimate of drug-likeness (QED) is 0.308. The molecule has 0 radical (unpaired) electrons. The molecule has 1 nitrogen and oxygen atoms in total. The second kappa shape index (κ2) is 14.6. The Balaban J connectivity index is 1.82. The average molecular weight is 319 g/mol. The first kappa shape index (κ1) is 20.1. The summed E-state index contributed by atoms with van der Waals surface area (Å²) in [4.78, 5) is 0. The molecule has 0 bridgehead atoms. The predicted octanol–water partition coefficient (Wildman–Crippen LogP) is 7.33. The third-order valence-electron chi connectivity index (χ3n) is 4.73. The molecule has 0 spiro atoms. The summed E-state index contributed by atoms with van der Waals surface area (Å²) in [5, 5.41) is 0. The Kier molecular flexibility index (Phi) is 12.7. The van der Waals surface area contributed by atoms with Crippen LogP contribution in [0.4, 0.5) is 0 Å². The van der Waals surface area contributed by atoms with Crippen molar-refractivity contribution in [2.45, 2.75) is 96.8 Å². The standard InChI is InChI=1S/C22H38O/c1-3-4-5-6-7-8-9-10-11-12-13-14-15-16-21-17-19-22(23-2)20-18-21/h17-20H,3-16H2,1-2H3. The lowest BCUT2D eigenvalue weighted by Crippen LogP contribution is -1.88. The highest BCUT2D eigenvalue weighted by Crippen LogP contribution is 2.15. The van der Waals surface area contributed by atoms with Crippen LogP contribution < -0.4 is 4.74 Å². The van der Waals surface area contributed by atoms with Crippen LogP contribution >= 0.6 is 0 Å². The molecule has 1 rings (SSSR count). The number of benzene rings is 1. The van der Waals surface area contributed by atoms with Crippen molar-refractivity contribution in [2.75, 3.05) is 7.11 Å². The van der Waals surface area contributed by atoms with Crippen LogP contribution in [0.5, 0.6) is 5.75 Å². The first-order valence-electron chi connectivity index (χ1n) is 9.99. The Morgan fingerprint density at radius 3 is 1.48 bits per heavy atom. The molecular weight excluding hydrogens is 280 g/mol. The van der Waals surface area contributed by atoms with E-state index in [9.17, 15) is 0 Å². The van der Waals surface area contributed by atoms with Crippen molar-refractivity contribution in [2.24, 2.45) is 0 Å². The van der Waals surface area contributed by atoms with Crippen molar-refractivity contribution in [1.82, 2.24) is 0 Å². The maximum atomic E-state index is 5.19. The van der Waals surface area contributed by atoms with E-state index in [1.54, 1.807) is 7.11 Å². The Morgan fingerprint density at radius 2 is 1.04 bits per heavy atom. The summed E-state index contributed by atoms with van der Waals surface area (Å²) >= 11 is 0. The van der Waals surface area contributed by atoms with Gasteiger partial charge in [0.1, 0.15) is 5.75 Å². The summed E-state index contributed by atoms with van der Waals surface area (Å²) in [6, 6.07) is 8.52. The lowest BCUT2D eigenvalue weighted by Gasteiger charge is -2.04. The molecule has 1 aromatic carbocycles. The maximum absolute atomic E-state index is 5.19. The van der Waals surface area contributed by atoms with Crippen molar-refractivity contribution < 1.29 is 4.74 Å². The summed E-state index contributed by atoms with van der Waals surface area (Å²) in [5.74, 6) is 0.958. The van der Waals surface area contributed by atoms with Crippen molar-refractivity contribution in [3.63, 3.8) is 0 Å². The van der Waals surface area contributed by atoms with Crippen molar-refractivity contribution in [1.29, 1.82) is 0 Å². The summed E-state index contributed by atoms with van der Waals surface area (Å²) < 4.78 is 5.19. The minimum Gasteiger partial charge on any atom is -0.497 e. The Morgan fingerprint density at radius 1 is 0.609 bits per heavy atom. The zero-order valence-corrected chi connectivity index (χ0v) is 15.6. The number of aryl methyl sites for hydroxylation is 1. The Bertz CT molecular complexity index is 355. The molecule has 1 aromatic rings. The van der Waals surface area contributed by atoms with E-state index in [-0.39, 0.29) is 0 Å². The topological polar surface area (TPSA) is 9.23 Å². The van der Waals surface area contributed by atoms with Gasteiger partial charge < -0.3 is 4.74 Å². The van der Waals surface area contributed by atoms with Crippen molar-refractivity contribution in [3.05, 3.63) is 29.8 Å². The van der Waals surface area contributed by atoms with Crippen LogP contribution in [-0.4, -0.2) is 7.11 Å². The number of hydrogen-bond acceptors (Lipinski definition) is 1. The van der Waals surface area contributed by atoms with Gasteiger partial charge in [-0.1, -0.05) is 96.1 Å². The van der Waals surface area contributed by atoms with Gasteiger partial charge in [-0.2, -0.15) is 0 Å². The van der Waals surface area contributed by atoms with E-state index in [0.29, 0.717) is 0 Å². The van der Waals surface area contributed by atoms with E-state index in [4.69, 9.17) is 4.74 Å². The highest BCUT2D eigenvalue weighted by molar-refractivity contribution is 5.27. The van der Waals surface area contributed by atoms with Gasteiger partial charge in [0.25, 0.3) is 0 Å². The second-order valence-corrected chi connectivity index (χ2v) is 6.84. The van der Waals surface area contributed by atoms with E-state index in [0.717, 1.165) is 5.75 Å². The SMILES string of the molecule is CCCCCCCCCCCCCCCc1ccc(OC)cc1. The van der Waals surface area contributed by atoms with E-state index in [2.05, 4.69) is 31.2 Å². The second-order valence-electron chi connectivity index (χ2n) is 6.84. The minimum absolute atomic E-state index is 0.958. The van der Waals surface area contributed by atoms with Crippen LogP contribution in [0.3, 0.4) is 0 Å². The summed E-state index contributed by atoms with van der Waals surface area (Å²) in [6.07, 6.45) is 19.7. The fourth-order valence-corrected chi connectivity index (χ4v) is 3.14. The van der Waals surface area contributed by atoms with Crippen LogP contribution in [0.15, 0.2) is 24.3 Å². The zero-order valence-electron chi connectivity index (χ0n) is 15.6. The molecule has 0 atom stereocenters. The third-order valence-corrected chi connectivity index (χ3v) is 4.73. The van der Waals surface area contributed by atoms with Crippen LogP contribution in [0.1, 0.15) is 96.0 Å². The molecule has 0 aliphatic carbocycles. The molecule has 0 aliphatic rings. The molecule has 0 amide bonds. The van der Waals surface area contributed by atoms with Gasteiger partial charge in [-0.15, -0.1) is 0 Å². The minimum atomic E-state index is 0.958. The summed E-state index contributed by atoms with van der Waals surface area (Å²) in [7, 11) is 1.72. The van der Waals surface area contributed by atoms with Gasteiger partial charge in [0.05, 0.1) is 7.11 Å². The largest absolute Gasteiger partial charge is 0.497 e. The molecular formula is C22H38O. The molecule has 0 N–H and O–H groups in total. The molecule has 0 unspecified atom stereocenters. The van der Waals surface area contributed by atoms with Crippen LogP contribution in [0.2, 0.25) is 0 Å². The molecule has 0 saturated heterocycles. The van der Waals surface area contributed by atoms with Crippen LogP contribution in [-0.2, 0) is 6.42 Å². The van der Waals surface area contributed by atoms with Gasteiger partial charge in [0, 0.05) is 0 Å². The molecule has 132 valence electrons. The van der Waals surface area contributed by atoms with Gasteiger partial charge in [-0.3, -0.25) is 0 Å². The lowest BCUT2D eigenvalue weighted by atomic mass is 10.0. The number of unbranched alkanes of at least 4 members (excludes halogenated alkanes) is 12. The highest BCUT2D eigenvalue weighted by atomic mass is 16.5. The summed E-state index contributed by atoms with van der Waals surface area (Å²) in [5.41, 5.74) is 1.44. The third kappa shape index (κ3) is 11.2. The zero-order chi connectivity index (χ0) is 16.6. The van der Waals surface area contributed by atoms with E-state index in [1.807, 2.05) is 0 Å². The maximum Gasteiger partial charge on any atom is 0.118 e. The average Bonchev–Trinajstić information content (AvgIpc) is 2.59. The van der Waals surface area contributed by atoms with Crippen LogP contribution in [0.25, 0.3) is 0 Å². The Hall–Kier alpha value is -0.980. The van der Waals surface area contributed by atoms with Gasteiger partial charge in [0.2, 0.25) is 0 Å². The molecule has 0 saturated carbocycles. The smallest absolute Gasteiger partial charge is 0.118 e.